The third kappa shape index (κ3) is 5.04. The van der Waals surface area contributed by atoms with Gasteiger partial charge in [0.15, 0.2) is 0 Å². The van der Waals surface area contributed by atoms with Gasteiger partial charge in [-0.1, -0.05) is 67.2 Å². The van der Waals surface area contributed by atoms with Gasteiger partial charge in [-0.05, 0) is 22.6 Å². The molecule has 3 heteroatoms. The number of benzene rings is 2. The average Bonchev–Trinajstić information content (AvgIpc) is 3.10. The molecule has 0 saturated heterocycles. The second-order valence-electron chi connectivity index (χ2n) is 4.32. The normalized spacial score (nSPS) is 9.27. The number of carbonyl (C=O) groups is 1. The molecule has 0 amide bonds. The Morgan fingerprint density at radius 2 is 1.45 bits per heavy atom. The molecular weight excluding hydrogens is 292 g/mol. The third-order valence-corrected chi connectivity index (χ3v) is 3.42. The number of thiophene rings is 1. The second-order valence-corrected chi connectivity index (χ2v) is 5.10. The van der Waals surface area contributed by atoms with Crippen molar-refractivity contribution < 1.29 is 9.53 Å². The van der Waals surface area contributed by atoms with E-state index in [1.807, 2.05) is 17.5 Å². The van der Waals surface area contributed by atoms with Gasteiger partial charge >= 0.3 is 5.97 Å². The Labute approximate surface area is 134 Å². The predicted molar refractivity (Wildman–Crippen MR) is 92.0 cm³/mol. The Morgan fingerprint density at radius 1 is 0.909 bits per heavy atom. The molecule has 1 aromatic heterocycles. The molecule has 22 heavy (non-hydrogen) atoms. The zero-order chi connectivity index (χ0) is 15.6. The molecule has 0 spiro atoms. The maximum absolute atomic E-state index is 10.5. The summed E-state index contributed by atoms with van der Waals surface area (Å²) in [5.74, 6) is 0.160. The summed E-state index contributed by atoms with van der Waals surface area (Å²) in [5, 5.41) is 3.59. The summed E-state index contributed by atoms with van der Waals surface area (Å²) in [7, 11) is 0. The van der Waals surface area contributed by atoms with E-state index >= 15 is 0 Å². The molecule has 0 aliphatic heterocycles. The molecule has 0 N–H and O–H groups in total. The molecule has 2 aromatic carbocycles. The highest BCUT2D eigenvalue weighted by molar-refractivity contribution is 7.08. The summed E-state index contributed by atoms with van der Waals surface area (Å²) in [5.41, 5.74) is 2.55. The van der Waals surface area contributed by atoms with Gasteiger partial charge in [0.2, 0.25) is 0 Å². The van der Waals surface area contributed by atoms with E-state index in [0.717, 1.165) is 6.08 Å². The topological polar surface area (TPSA) is 26.3 Å². The van der Waals surface area contributed by atoms with Crippen molar-refractivity contribution >= 4 is 17.3 Å². The van der Waals surface area contributed by atoms with Gasteiger partial charge in [-0.3, -0.25) is 0 Å². The number of esters is 1. The molecule has 0 fully saturated rings. The van der Waals surface area contributed by atoms with Gasteiger partial charge in [0.05, 0.1) is 0 Å². The highest BCUT2D eigenvalue weighted by Gasteiger charge is 1.97. The van der Waals surface area contributed by atoms with Crippen LogP contribution in [-0.2, 0) is 4.79 Å². The van der Waals surface area contributed by atoms with E-state index in [0.29, 0.717) is 5.75 Å². The van der Waals surface area contributed by atoms with Crippen molar-refractivity contribution in [3.8, 4) is 16.9 Å². The van der Waals surface area contributed by atoms with Gasteiger partial charge in [0, 0.05) is 11.5 Å². The fraction of sp³-hybridized carbons (Fsp3) is 0. The lowest BCUT2D eigenvalue weighted by Gasteiger charge is -1.98. The van der Waals surface area contributed by atoms with Crippen LogP contribution in [0.1, 0.15) is 0 Å². The highest BCUT2D eigenvalue weighted by atomic mass is 32.1. The van der Waals surface area contributed by atoms with Crippen LogP contribution < -0.4 is 4.74 Å². The lowest BCUT2D eigenvalue weighted by molar-refractivity contribution is -0.128. The van der Waals surface area contributed by atoms with E-state index in [-0.39, 0.29) is 0 Å². The van der Waals surface area contributed by atoms with E-state index in [2.05, 4.69) is 55.1 Å². The fourth-order valence-corrected chi connectivity index (χ4v) is 2.28. The molecule has 0 radical (unpaired) electrons. The van der Waals surface area contributed by atoms with E-state index < -0.39 is 5.97 Å². The lowest BCUT2D eigenvalue weighted by atomic mass is 10.1. The van der Waals surface area contributed by atoms with Crippen LogP contribution in [0, 0.1) is 0 Å². The van der Waals surface area contributed by atoms with Crippen LogP contribution in [0.15, 0.2) is 90.1 Å². The number of carbonyl (C=O) groups excluding carboxylic acids is 1. The van der Waals surface area contributed by atoms with Crippen molar-refractivity contribution in [2.24, 2.45) is 0 Å². The van der Waals surface area contributed by atoms with Crippen LogP contribution in [0.3, 0.4) is 0 Å². The molecule has 1 heterocycles. The van der Waals surface area contributed by atoms with Crippen molar-refractivity contribution in [3.63, 3.8) is 0 Å². The van der Waals surface area contributed by atoms with Crippen molar-refractivity contribution in [2.45, 2.75) is 0 Å². The predicted octanol–water partition coefficient (Wildman–Crippen LogP) is 5.19. The summed E-state index contributed by atoms with van der Waals surface area (Å²) < 4.78 is 4.76. The summed E-state index contributed by atoms with van der Waals surface area (Å²) in [6.07, 6.45) is 1.14. The smallest absolute Gasteiger partial charge is 0.335 e. The molecule has 0 unspecified atom stereocenters. The minimum atomic E-state index is -0.418. The zero-order valence-electron chi connectivity index (χ0n) is 12.0. The minimum absolute atomic E-state index is 0.418. The molecule has 0 atom stereocenters. The fourth-order valence-electron chi connectivity index (χ4n) is 1.73. The Hall–Kier alpha value is -2.65. The number of hydrogen-bond acceptors (Lipinski definition) is 3. The van der Waals surface area contributed by atoms with Crippen LogP contribution in [0.5, 0.6) is 5.75 Å². The Kier molecular flexibility index (Phi) is 6.15. The largest absolute Gasteiger partial charge is 0.422 e. The van der Waals surface area contributed by atoms with Gasteiger partial charge in [0.1, 0.15) is 5.75 Å². The summed E-state index contributed by atoms with van der Waals surface area (Å²) in [4.78, 5) is 10.5. The molecule has 0 aliphatic rings. The molecule has 0 aliphatic carbocycles. The standard InChI is InChI=1S/C12H10.C7H6O2S/c1-3-7-11(8-4-1)12-9-5-2-6-10-12;1-2-7(8)9-6-3-4-10-5-6/h1-10H;2-5H,1H2. The van der Waals surface area contributed by atoms with E-state index in [9.17, 15) is 4.79 Å². The monoisotopic (exact) mass is 308 g/mol. The SMILES string of the molecule is C=CC(=O)Oc1ccsc1.c1ccc(-c2ccccc2)cc1. The van der Waals surface area contributed by atoms with Crippen LogP contribution in [0.4, 0.5) is 0 Å². The lowest BCUT2D eigenvalue weighted by Crippen LogP contribution is -2.01. The van der Waals surface area contributed by atoms with Crippen molar-refractivity contribution in [1.29, 1.82) is 0 Å². The molecule has 2 nitrogen and oxygen atoms in total. The molecule has 0 saturated carbocycles. The van der Waals surface area contributed by atoms with Crippen molar-refractivity contribution in [1.82, 2.24) is 0 Å². The van der Waals surface area contributed by atoms with E-state index in [1.54, 1.807) is 11.4 Å². The molecule has 3 aromatic rings. The summed E-state index contributed by atoms with van der Waals surface area (Å²) in [6, 6.07) is 22.5. The van der Waals surface area contributed by atoms with Gasteiger partial charge < -0.3 is 4.74 Å². The molecule has 3 rings (SSSR count). The molecule has 110 valence electrons. The van der Waals surface area contributed by atoms with Crippen LogP contribution in [0.2, 0.25) is 0 Å². The van der Waals surface area contributed by atoms with Gasteiger partial charge in [-0.25, -0.2) is 4.79 Å². The highest BCUT2D eigenvalue weighted by Crippen LogP contribution is 2.17. The maximum Gasteiger partial charge on any atom is 0.335 e. The van der Waals surface area contributed by atoms with Gasteiger partial charge in [-0.15, -0.1) is 11.3 Å². The third-order valence-electron chi connectivity index (χ3n) is 2.76. The Morgan fingerprint density at radius 3 is 1.86 bits per heavy atom. The van der Waals surface area contributed by atoms with Crippen molar-refractivity contribution in [2.75, 3.05) is 0 Å². The first-order valence-electron chi connectivity index (χ1n) is 6.76. The quantitative estimate of drug-likeness (QED) is 0.491. The first-order chi connectivity index (χ1) is 10.8. The molecule has 0 bridgehead atoms. The van der Waals surface area contributed by atoms with Crippen molar-refractivity contribution in [3.05, 3.63) is 90.1 Å². The molecular formula is C19H16O2S. The number of ether oxygens (including phenoxy) is 1. The number of rotatable bonds is 3. The summed E-state index contributed by atoms with van der Waals surface area (Å²) in [6.45, 7) is 3.27. The van der Waals surface area contributed by atoms with Gasteiger partial charge in [-0.2, -0.15) is 0 Å². The van der Waals surface area contributed by atoms with E-state index in [4.69, 9.17) is 4.74 Å². The van der Waals surface area contributed by atoms with Crippen LogP contribution in [0.25, 0.3) is 11.1 Å². The first-order valence-corrected chi connectivity index (χ1v) is 7.71. The second kappa shape index (κ2) is 8.60. The first kappa shape index (κ1) is 15.7. The summed E-state index contributed by atoms with van der Waals surface area (Å²) >= 11 is 1.48. The minimum Gasteiger partial charge on any atom is -0.422 e. The average molecular weight is 308 g/mol. The number of hydrogen-bond donors (Lipinski definition) is 0. The Bertz CT molecular complexity index is 651. The maximum atomic E-state index is 10.5. The van der Waals surface area contributed by atoms with Crippen LogP contribution in [-0.4, -0.2) is 5.97 Å². The van der Waals surface area contributed by atoms with Gasteiger partial charge in [0.25, 0.3) is 0 Å². The zero-order valence-corrected chi connectivity index (χ0v) is 12.8. The van der Waals surface area contributed by atoms with Crippen LogP contribution >= 0.6 is 11.3 Å². The van der Waals surface area contributed by atoms with E-state index in [1.165, 1.54) is 22.5 Å². The Balaban J connectivity index is 0.000000164.